The van der Waals surface area contributed by atoms with E-state index < -0.39 is 0 Å². The lowest BCUT2D eigenvalue weighted by molar-refractivity contribution is 0.0695. The Hall–Kier alpha value is -0.770. The van der Waals surface area contributed by atoms with Crippen molar-refractivity contribution in [2.45, 2.75) is 51.0 Å². The molecule has 0 saturated heterocycles. The number of nitrogens with two attached hydrogens (primary N) is 1. The molecule has 100 valence electrons. The fourth-order valence-electron chi connectivity index (χ4n) is 2.79. The molecule has 0 heterocycles. The highest BCUT2D eigenvalue weighted by atomic mass is 16.2. The normalized spacial score (nSPS) is 18.8. The van der Waals surface area contributed by atoms with Gasteiger partial charge in [-0.3, -0.25) is 0 Å². The molecule has 0 bridgehead atoms. The van der Waals surface area contributed by atoms with Crippen molar-refractivity contribution in [3.8, 4) is 0 Å². The quantitative estimate of drug-likeness (QED) is 0.819. The van der Waals surface area contributed by atoms with Crippen molar-refractivity contribution in [2.24, 2.45) is 5.73 Å². The van der Waals surface area contributed by atoms with Crippen LogP contribution in [0.5, 0.6) is 0 Å². The highest BCUT2D eigenvalue weighted by molar-refractivity contribution is 5.74. The van der Waals surface area contributed by atoms with Gasteiger partial charge in [0.15, 0.2) is 0 Å². The maximum absolute atomic E-state index is 12.3. The molecule has 2 N–H and O–H groups in total. The first-order valence-corrected chi connectivity index (χ1v) is 6.76. The first-order chi connectivity index (χ1) is 8.07. The molecule has 0 radical (unpaired) electrons. The third-order valence-corrected chi connectivity index (χ3v) is 3.80. The summed E-state index contributed by atoms with van der Waals surface area (Å²) in [6, 6.07) is 0.110. The summed E-state index contributed by atoms with van der Waals surface area (Å²) in [6.45, 7) is 3.52. The van der Waals surface area contributed by atoms with Crippen LogP contribution in [0.4, 0.5) is 4.79 Å². The monoisotopic (exact) mass is 241 g/mol. The minimum atomic E-state index is -0.0877. The van der Waals surface area contributed by atoms with E-state index in [2.05, 4.69) is 6.92 Å². The SMILES string of the molecule is CCCN(C(=O)N(C)C)C1(CN)CCCCC1. The maximum atomic E-state index is 12.3. The van der Waals surface area contributed by atoms with E-state index in [4.69, 9.17) is 5.73 Å². The largest absolute Gasteiger partial charge is 0.331 e. The summed E-state index contributed by atoms with van der Waals surface area (Å²) in [6.07, 6.45) is 6.77. The Morgan fingerprint density at radius 3 is 2.24 bits per heavy atom. The van der Waals surface area contributed by atoms with E-state index in [1.54, 1.807) is 4.90 Å². The summed E-state index contributed by atoms with van der Waals surface area (Å²) < 4.78 is 0. The first-order valence-electron chi connectivity index (χ1n) is 6.76. The van der Waals surface area contributed by atoms with Crippen molar-refractivity contribution < 1.29 is 4.79 Å². The lowest BCUT2D eigenvalue weighted by Gasteiger charge is -2.46. The third-order valence-electron chi connectivity index (χ3n) is 3.80. The van der Waals surface area contributed by atoms with E-state index in [-0.39, 0.29) is 11.6 Å². The molecule has 0 aromatic heterocycles. The molecule has 0 aromatic carbocycles. The van der Waals surface area contributed by atoms with E-state index >= 15 is 0 Å². The highest BCUT2D eigenvalue weighted by Crippen LogP contribution is 2.33. The van der Waals surface area contributed by atoms with Crippen molar-refractivity contribution in [3.63, 3.8) is 0 Å². The predicted octanol–water partition coefficient (Wildman–Crippen LogP) is 2.04. The summed E-state index contributed by atoms with van der Waals surface area (Å²) in [5.41, 5.74) is 5.91. The molecule has 2 amide bonds. The second kappa shape index (κ2) is 6.24. The van der Waals surface area contributed by atoms with E-state index in [0.717, 1.165) is 25.8 Å². The zero-order valence-corrected chi connectivity index (χ0v) is 11.5. The van der Waals surface area contributed by atoms with Gasteiger partial charge in [-0.2, -0.15) is 0 Å². The minimum absolute atomic E-state index is 0.0877. The lowest BCUT2D eigenvalue weighted by atomic mass is 9.80. The third kappa shape index (κ3) is 3.12. The molecule has 0 aromatic rings. The molecule has 1 aliphatic rings. The van der Waals surface area contributed by atoms with Crippen molar-refractivity contribution >= 4 is 6.03 Å². The van der Waals surface area contributed by atoms with Gasteiger partial charge in [-0.15, -0.1) is 0 Å². The molecular formula is C13H27N3O. The number of rotatable bonds is 4. The number of carbonyl (C=O) groups is 1. The summed E-state index contributed by atoms with van der Waals surface area (Å²) in [4.78, 5) is 16.0. The van der Waals surface area contributed by atoms with Crippen molar-refractivity contribution in [2.75, 3.05) is 27.2 Å². The number of urea groups is 1. The fourth-order valence-corrected chi connectivity index (χ4v) is 2.79. The summed E-state index contributed by atoms with van der Waals surface area (Å²) in [7, 11) is 3.63. The van der Waals surface area contributed by atoms with Gasteiger partial charge in [-0.25, -0.2) is 4.79 Å². The van der Waals surface area contributed by atoms with Gasteiger partial charge in [0.25, 0.3) is 0 Å². The minimum Gasteiger partial charge on any atom is -0.331 e. The molecule has 4 nitrogen and oxygen atoms in total. The fraction of sp³-hybridized carbons (Fsp3) is 0.923. The van der Waals surface area contributed by atoms with Crippen LogP contribution in [0.15, 0.2) is 0 Å². The number of hydrogen-bond acceptors (Lipinski definition) is 2. The van der Waals surface area contributed by atoms with Crippen LogP contribution in [0.25, 0.3) is 0 Å². The van der Waals surface area contributed by atoms with Gasteiger partial charge >= 0.3 is 6.03 Å². The number of amides is 2. The van der Waals surface area contributed by atoms with Crippen LogP contribution in [0.1, 0.15) is 45.4 Å². The van der Waals surface area contributed by atoms with E-state index in [0.29, 0.717) is 6.54 Å². The van der Waals surface area contributed by atoms with E-state index in [1.165, 1.54) is 19.3 Å². The van der Waals surface area contributed by atoms with Crippen LogP contribution in [-0.2, 0) is 0 Å². The Morgan fingerprint density at radius 2 is 1.82 bits per heavy atom. The number of nitrogens with zero attached hydrogens (tertiary/aromatic N) is 2. The Bertz CT molecular complexity index is 247. The maximum Gasteiger partial charge on any atom is 0.319 e. The molecule has 0 unspecified atom stereocenters. The zero-order chi connectivity index (χ0) is 12.9. The van der Waals surface area contributed by atoms with Crippen LogP contribution in [0, 0.1) is 0 Å². The Balaban J connectivity index is 2.88. The van der Waals surface area contributed by atoms with Crippen molar-refractivity contribution in [3.05, 3.63) is 0 Å². The Kier molecular flexibility index (Phi) is 5.25. The second-order valence-corrected chi connectivity index (χ2v) is 5.32. The van der Waals surface area contributed by atoms with E-state index in [9.17, 15) is 4.79 Å². The van der Waals surface area contributed by atoms with Gasteiger partial charge < -0.3 is 15.5 Å². The van der Waals surface area contributed by atoms with E-state index in [1.807, 2.05) is 19.0 Å². The lowest BCUT2D eigenvalue weighted by Crippen LogP contribution is -2.59. The molecule has 1 fully saturated rings. The zero-order valence-electron chi connectivity index (χ0n) is 11.5. The number of hydrogen-bond donors (Lipinski definition) is 1. The summed E-state index contributed by atoms with van der Waals surface area (Å²) in [5.74, 6) is 0. The van der Waals surface area contributed by atoms with Gasteiger partial charge in [-0.05, 0) is 19.3 Å². The van der Waals surface area contributed by atoms with Crippen LogP contribution < -0.4 is 5.73 Å². The highest BCUT2D eigenvalue weighted by Gasteiger charge is 2.39. The average molecular weight is 241 g/mol. The van der Waals surface area contributed by atoms with Gasteiger partial charge in [0, 0.05) is 27.2 Å². The van der Waals surface area contributed by atoms with Gasteiger partial charge in [-0.1, -0.05) is 26.2 Å². The van der Waals surface area contributed by atoms with Crippen molar-refractivity contribution in [1.29, 1.82) is 0 Å². The second-order valence-electron chi connectivity index (χ2n) is 5.32. The van der Waals surface area contributed by atoms with Crippen molar-refractivity contribution in [1.82, 2.24) is 9.80 Å². The van der Waals surface area contributed by atoms with Gasteiger partial charge in [0.1, 0.15) is 0 Å². The standard InChI is InChI=1S/C13H27N3O/c1-4-10-16(12(17)15(2)3)13(11-14)8-6-5-7-9-13/h4-11,14H2,1-3H3. The smallest absolute Gasteiger partial charge is 0.319 e. The molecule has 17 heavy (non-hydrogen) atoms. The molecule has 1 rings (SSSR count). The Labute approximate surface area is 105 Å². The first kappa shape index (κ1) is 14.3. The number of carbonyl (C=O) groups excluding carboxylic acids is 1. The van der Waals surface area contributed by atoms with Crippen LogP contribution in [-0.4, -0.2) is 48.6 Å². The summed E-state index contributed by atoms with van der Waals surface area (Å²) in [5, 5.41) is 0. The molecule has 1 aliphatic carbocycles. The van der Waals surface area contributed by atoms with Gasteiger partial charge in [0.2, 0.25) is 0 Å². The predicted molar refractivity (Wildman–Crippen MR) is 71.0 cm³/mol. The summed E-state index contributed by atoms with van der Waals surface area (Å²) >= 11 is 0. The molecule has 1 saturated carbocycles. The Morgan fingerprint density at radius 1 is 1.24 bits per heavy atom. The molecule has 4 heteroatoms. The molecular weight excluding hydrogens is 214 g/mol. The van der Waals surface area contributed by atoms with Crippen LogP contribution >= 0.6 is 0 Å². The average Bonchev–Trinajstić information content (AvgIpc) is 2.35. The van der Waals surface area contributed by atoms with Crippen LogP contribution in [0.3, 0.4) is 0 Å². The molecule has 0 aliphatic heterocycles. The molecule has 0 atom stereocenters. The van der Waals surface area contributed by atoms with Gasteiger partial charge in [0.05, 0.1) is 5.54 Å². The van der Waals surface area contributed by atoms with Crippen LogP contribution in [0.2, 0.25) is 0 Å². The topological polar surface area (TPSA) is 49.6 Å². The molecule has 0 spiro atoms.